The van der Waals surface area contributed by atoms with Crippen LogP contribution in [0.2, 0.25) is 0 Å². The third-order valence-electron chi connectivity index (χ3n) is 1.63. The maximum atomic E-state index is 13.0. The Labute approximate surface area is 68.6 Å². The molecule has 0 aliphatic rings. The summed E-state index contributed by atoms with van der Waals surface area (Å²) in [5.74, 6) is -2.17. The molecule has 12 heavy (non-hydrogen) atoms. The normalized spacial score (nSPS) is 9.83. The van der Waals surface area contributed by atoms with Crippen LogP contribution in [0.4, 0.5) is 10.1 Å². The molecule has 64 valence electrons. The van der Waals surface area contributed by atoms with Gasteiger partial charge in [0.15, 0.2) is 5.82 Å². The molecule has 0 amide bonds. The first-order chi connectivity index (χ1) is 5.54. The molecule has 0 aliphatic carbocycles. The van der Waals surface area contributed by atoms with Gasteiger partial charge >= 0.3 is 5.97 Å². The molecule has 0 saturated heterocycles. The Morgan fingerprint density at radius 3 is 2.67 bits per heavy atom. The fraction of sp³-hybridized carbons (Fsp3) is 0.125. The van der Waals surface area contributed by atoms with Crippen molar-refractivity contribution in [2.45, 2.75) is 6.92 Å². The zero-order valence-corrected chi connectivity index (χ0v) is 6.47. The molecule has 0 aliphatic heterocycles. The quantitative estimate of drug-likeness (QED) is 0.625. The zero-order chi connectivity index (χ0) is 9.30. The minimum absolute atomic E-state index is 0.102. The van der Waals surface area contributed by atoms with Crippen LogP contribution in [0.1, 0.15) is 15.9 Å². The van der Waals surface area contributed by atoms with Crippen molar-refractivity contribution in [1.82, 2.24) is 0 Å². The van der Waals surface area contributed by atoms with Crippen molar-refractivity contribution < 1.29 is 14.3 Å². The average Bonchev–Trinajstić information content (AvgIpc) is 2.00. The number of nitrogen functional groups attached to an aromatic ring is 1. The van der Waals surface area contributed by atoms with Gasteiger partial charge in [0, 0.05) is 0 Å². The second kappa shape index (κ2) is 2.81. The Bertz CT molecular complexity index is 336. The lowest BCUT2D eigenvalue weighted by molar-refractivity contribution is 0.0692. The summed E-state index contributed by atoms with van der Waals surface area (Å²) in [5.41, 5.74) is 5.33. The molecule has 0 radical (unpaired) electrons. The number of hydrogen-bond acceptors (Lipinski definition) is 2. The van der Waals surface area contributed by atoms with Crippen molar-refractivity contribution in [2.24, 2.45) is 0 Å². The standard InChI is InChI=1S/C8H8FNO2/c1-4-2-3-5(8(11)12)6(9)7(4)10/h2-3H,10H2,1H3,(H,11,12). The third kappa shape index (κ3) is 1.23. The van der Waals surface area contributed by atoms with Crippen molar-refractivity contribution in [3.8, 4) is 0 Å². The molecule has 0 saturated carbocycles. The molecule has 0 bridgehead atoms. The van der Waals surface area contributed by atoms with Crippen LogP contribution in [-0.2, 0) is 0 Å². The van der Waals surface area contributed by atoms with Crippen LogP contribution in [0.15, 0.2) is 12.1 Å². The van der Waals surface area contributed by atoms with Gasteiger partial charge in [-0.2, -0.15) is 0 Å². The molecule has 0 aromatic heterocycles. The van der Waals surface area contributed by atoms with E-state index in [-0.39, 0.29) is 5.69 Å². The fourth-order valence-electron chi connectivity index (χ4n) is 0.855. The number of rotatable bonds is 1. The second-order valence-corrected chi connectivity index (χ2v) is 2.46. The van der Waals surface area contributed by atoms with Gasteiger partial charge in [0.2, 0.25) is 0 Å². The Morgan fingerprint density at radius 1 is 1.58 bits per heavy atom. The van der Waals surface area contributed by atoms with E-state index in [1.54, 1.807) is 6.92 Å². The van der Waals surface area contributed by atoms with Gasteiger partial charge in [0.1, 0.15) is 0 Å². The number of nitrogens with two attached hydrogens (primary N) is 1. The molecule has 0 spiro atoms. The molecule has 1 aromatic carbocycles. The summed E-state index contributed by atoms with van der Waals surface area (Å²) >= 11 is 0. The van der Waals surface area contributed by atoms with E-state index in [1.165, 1.54) is 12.1 Å². The number of halogens is 1. The monoisotopic (exact) mass is 169 g/mol. The Kier molecular flexibility index (Phi) is 1.99. The van der Waals surface area contributed by atoms with Gasteiger partial charge in [-0.05, 0) is 18.6 Å². The largest absolute Gasteiger partial charge is 0.478 e. The highest BCUT2D eigenvalue weighted by Crippen LogP contribution is 2.18. The Hall–Kier alpha value is -1.58. The summed E-state index contributed by atoms with van der Waals surface area (Å²) in [6, 6.07) is 2.67. The van der Waals surface area contributed by atoms with Crippen LogP contribution in [0.25, 0.3) is 0 Å². The van der Waals surface area contributed by atoms with Gasteiger partial charge in [0.05, 0.1) is 11.3 Å². The summed E-state index contributed by atoms with van der Waals surface area (Å²) in [5, 5.41) is 8.49. The van der Waals surface area contributed by atoms with E-state index in [2.05, 4.69) is 0 Å². The highest BCUT2D eigenvalue weighted by molar-refractivity contribution is 5.89. The van der Waals surface area contributed by atoms with Crippen molar-refractivity contribution in [3.63, 3.8) is 0 Å². The van der Waals surface area contributed by atoms with Crippen LogP contribution < -0.4 is 5.73 Å². The molecule has 1 aromatic rings. The first kappa shape index (κ1) is 8.52. The van der Waals surface area contributed by atoms with E-state index in [9.17, 15) is 9.18 Å². The van der Waals surface area contributed by atoms with Crippen LogP contribution >= 0.6 is 0 Å². The minimum Gasteiger partial charge on any atom is -0.478 e. The van der Waals surface area contributed by atoms with Crippen LogP contribution in [-0.4, -0.2) is 11.1 Å². The average molecular weight is 169 g/mol. The second-order valence-electron chi connectivity index (χ2n) is 2.46. The van der Waals surface area contributed by atoms with E-state index in [0.717, 1.165) is 0 Å². The highest BCUT2D eigenvalue weighted by Gasteiger charge is 2.13. The van der Waals surface area contributed by atoms with Gasteiger partial charge in [-0.3, -0.25) is 0 Å². The van der Waals surface area contributed by atoms with Crippen LogP contribution in [0.5, 0.6) is 0 Å². The van der Waals surface area contributed by atoms with Gasteiger partial charge in [-0.25, -0.2) is 9.18 Å². The summed E-state index contributed by atoms with van der Waals surface area (Å²) in [6.07, 6.45) is 0. The van der Waals surface area contributed by atoms with Crippen LogP contribution in [0, 0.1) is 12.7 Å². The van der Waals surface area contributed by atoms with Gasteiger partial charge in [0.25, 0.3) is 0 Å². The molecule has 3 nitrogen and oxygen atoms in total. The van der Waals surface area contributed by atoms with E-state index in [4.69, 9.17) is 10.8 Å². The van der Waals surface area contributed by atoms with Crippen molar-refractivity contribution in [1.29, 1.82) is 0 Å². The number of aromatic carboxylic acids is 1. The molecule has 0 unspecified atom stereocenters. The number of benzene rings is 1. The van der Waals surface area contributed by atoms with Crippen LogP contribution in [0.3, 0.4) is 0 Å². The van der Waals surface area contributed by atoms with E-state index < -0.39 is 17.3 Å². The molecular formula is C8H8FNO2. The maximum Gasteiger partial charge on any atom is 0.338 e. The smallest absolute Gasteiger partial charge is 0.338 e. The Morgan fingerprint density at radius 2 is 2.17 bits per heavy atom. The van der Waals surface area contributed by atoms with Gasteiger partial charge < -0.3 is 10.8 Å². The highest BCUT2D eigenvalue weighted by atomic mass is 19.1. The van der Waals surface area contributed by atoms with Crippen molar-refractivity contribution >= 4 is 11.7 Å². The molecule has 0 fully saturated rings. The lowest BCUT2D eigenvalue weighted by atomic mass is 10.1. The lowest BCUT2D eigenvalue weighted by Gasteiger charge is -2.03. The predicted molar refractivity (Wildman–Crippen MR) is 42.5 cm³/mol. The summed E-state index contributed by atoms with van der Waals surface area (Å²) in [6.45, 7) is 1.62. The summed E-state index contributed by atoms with van der Waals surface area (Å²) in [4.78, 5) is 10.4. The lowest BCUT2D eigenvalue weighted by Crippen LogP contribution is -2.04. The molecular weight excluding hydrogens is 161 g/mol. The number of carboxylic acid groups (broad SMARTS) is 1. The first-order valence-corrected chi connectivity index (χ1v) is 3.32. The fourth-order valence-corrected chi connectivity index (χ4v) is 0.855. The Balaban J connectivity index is 3.36. The molecule has 3 N–H and O–H groups in total. The molecule has 4 heteroatoms. The topological polar surface area (TPSA) is 63.3 Å². The first-order valence-electron chi connectivity index (χ1n) is 3.32. The maximum absolute atomic E-state index is 13.0. The molecule has 1 rings (SSSR count). The molecule has 0 atom stereocenters. The van der Waals surface area contributed by atoms with E-state index in [1.807, 2.05) is 0 Å². The predicted octanol–water partition coefficient (Wildman–Crippen LogP) is 1.41. The number of carboxylic acids is 1. The number of hydrogen-bond donors (Lipinski definition) is 2. The SMILES string of the molecule is Cc1ccc(C(=O)O)c(F)c1N. The summed E-state index contributed by atoms with van der Waals surface area (Å²) < 4.78 is 13.0. The van der Waals surface area contributed by atoms with E-state index >= 15 is 0 Å². The molecule has 0 heterocycles. The minimum atomic E-state index is -1.31. The van der Waals surface area contributed by atoms with Gasteiger partial charge in [-0.15, -0.1) is 0 Å². The number of aryl methyl sites for hydroxylation is 1. The zero-order valence-electron chi connectivity index (χ0n) is 6.47. The number of anilines is 1. The summed E-state index contributed by atoms with van der Waals surface area (Å²) in [7, 11) is 0. The van der Waals surface area contributed by atoms with Crippen molar-refractivity contribution in [2.75, 3.05) is 5.73 Å². The number of carbonyl (C=O) groups is 1. The van der Waals surface area contributed by atoms with Gasteiger partial charge in [-0.1, -0.05) is 6.07 Å². The third-order valence-corrected chi connectivity index (χ3v) is 1.63. The van der Waals surface area contributed by atoms with Crippen molar-refractivity contribution in [3.05, 3.63) is 29.1 Å². The van der Waals surface area contributed by atoms with E-state index in [0.29, 0.717) is 5.56 Å².